The minimum atomic E-state index is -0.551. The summed E-state index contributed by atoms with van der Waals surface area (Å²) in [6.45, 7) is 0. The second-order valence-corrected chi connectivity index (χ2v) is 8.06. The van der Waals surface area contributed by atoms with Gasteiger partial charge < -0.3 is 10.5 Å². The largest absolute Gasteiger partial charge is 0.458 e. The molecular formula is C20H27NO2. The van der Waals surface area contributed by atoms with Gasteiger partial charge >= 0.3 is 5.97 Å². The van der Waals surface area contributed by atoms with Gasteiger partial charge in [-0.1, -0.05) is 36.8 Å². The fourth-order valence-electron chi connectivity index (χ4n) is 5.46. The summed E-state index contributed by atoms with van der Waals surface area (Å²) >= 11 is 0. The van der Waals surface area contributed by atoms with Crippen molar-refractivity contribution in [2.24, 2.45) is 23.5 Å². The summed E-state index contributed by atoms with van der Waals surface area (Å²) in [5.74, 6) is 2.25. The molecule has 1 aromatic carbocycles. The van der Waals surface area contributed by atoms with Crippen molar-refractivity contribution in [1.82, 2.24) is 0 Å². The highest BCUT2D eigenvalue weighted by atomic mass is 16.6. The molecule has 0 amide bonds. The molecule has 2 N–H and O–H groups in total. The van der Waals surface area contributed by atoms with Gasteiger partial charge in [0, 0.05) is 0 Å². The summed E-state index contributed by atoms with van der Waals surface area (Å²) in [7, 11) is 0. The highest BCUT2D eigenvalue weighted by Gasteiger charge is 2.51. The molecule has 3 aliphatic carbocycles. The fraction of sp³-hybridized carbons (Fsp3) is 0.650. The predicted molar refractivity (Wildman–Crippen MR) is 89.7 cm³/mol. The molecule has 3 bridgehead atoms. The maximum Gasteiger partial charge on any atom is 0.323 e. The second kappa shape index (κ2) is 5.94. The Labute approximate surface area is 138 Å². The Morgan fingerprint density at radius 1 is 1.22 bits per heavy atom. The third-order valence-electron chi connectivity index (χ3n) is 6.36. The predicted octanol–water partition coefficient (Wildman–Crippen LogP) is 3.46. The lowest BCUT2D eigenvalue weighted by Crippen LogP contribution is -2.45. The van der Waals surface area contributed by atoms with Crippen LogP contribution in [0.3, 0.4) is 0 Å². The number of hydrogen-bond donors (Lipinski definition) is 1. The highest BCUT2D eigenvalue weighted by molar-refractivity contribution is 5.76. The Balaban J connectivity index is 1.43. The van der Waals surface area contributed by atoms with Crippen molar-refractivity contribution < 1.29 is 9.53 Å². The van der Waals surface area contributed by atoms with Crippen molar-refractivity contribution in [3.63, 3.8) is 0 Å². The molecule has 0 spiro atoms. The Morgan fingerprint density at radius 2 is 2.00 bits per heavy atom. The molecule has 124 valence electrons. The van der Waals surface area contributed by atoms with Gasteiger partial charge in [0.2, 0.25) is 0 Å². The average molecular weight is 313 g/mol. The number of rotatable bonds is 4. The first-order valence-electron chi connectivity index (χ1n) is 9.16. The second-order valence-electron chi connectivity index (χ2n) is 8.06. The van der Waals surface area contributed by atoms with Gasteiger partial charge in [-0.3, -0.25) is 4.79 Å². The molecule has 23 heavy (non-hydrogen) atoms. The maximum absolute atomic E-state index is 12.6. The van der Waals surface area contributed by atoms with E-state index >= 15 is 0 Å². The Hall–Kier alpha value is -1.35. The van der Waals surface area contributed by atoms with Gasteiger partial charge in [0.15, 0.2) is 0 Å². The van der Waals surface area contributed by atoms with Gasteiger partial charge in [-0.2, -0.15) is 0 Å². The van der Waals surface area contributed by atoms with E-state index in [1.807, 2.05) is 30.3 Å². The lowest BCUT2D eigenvalue weighted by molar-refractivity contribution is -0.168. The summed E-state index contributed by atoms with van der Waals surface area (Å²) in [6.07, 6.45) is 9.01. The number of fused-ring (bicyclic) bond motifs is 2. The molecule has 0 radical (unpaired) electrons. The van der Waals surface area contributed by atoms with Crippen molar-refractivity contribution >= 4 is 5.97 Å². The molecule has 3 heteroatoms. The molecule has 4 rings (SSSR count). The number of ether oxygens (including phenoxy) is 1. The lowest BCUT2D eigenvalue weighted by Gasteiger charge is -2.40. The van der Waals surface area contributed by atoms with Crippen LogP contribution in [0.15, 0.2) is 30.3 Å². The first kappa shape index (κ1) is 15.2. The zero-order chi connectivity index (χ0) is 15.9. The van der Waals surface area contributed by atoms with Gasteiger partial charge in [-0.25, -0.2) is 0 Å². The van der Waals surface area contributed by atoms with Crippen LogP contribution < -0.4 is 5.73 Å². The van der Waals surface area contributed by atoms with Gasteiger partial charge in [0.05, 0.1) is 0 Å². The van der Waals surface area contributed by atoms with Crippen LogP contribution in [0, 0.1) is 17.8 Å². The molecule has 0 aliphatic heterocycles. The van der Waals surface area contributed by atoms with Crippen LogP contribution >= 0.6 is 0 Å². The zero-order valence-corrected chi connectivity index (χ0v) is 13.7. The van der Waals surface area contributed by atoms with E-state index in [-0.39, 0.29) is 11.6 Å². The maximum atomic E-state index is 12.6. The van der Waals surface area contributed by atoms with E-state index in [0.29, 0.717) is 6.42 Å². The third kappa shape index (κ3) is 3.03. The van der Waals surface area contributed by atoms with E-state index in [0.717, 1.165) is 42.6 Å². The monoisotopic (exact) mass is 313 g/mol. The minimum Gasteiger partial charge on any atom is -0.458 e. The van der Waals surface area contributed by atoms with Crippen LogP contribution in [0.2, 0.25) is 0 Å². The summed E-state index contributed by atoms with van der Waals surface area (Å²) in [6, 6.07) is 9.43. The van der Waals surface area contributed by atoms with Crippen molar-refractivity contribution in [2.45, 2.75) is 63.0 Å². The van der Waals surface area contributed by atoms with Crippen LogP contribution in [0.25, 0.3) is 0 Å². The summed E-state index contributed by atoms with van der Waals surface area (Å²) in [5, 5.41) is 0. The molecule has 0 heterocycles. The fourth-order valence-corrected chi connectivity index (χ4v) is 5.46. The molecule has 0 aromatic heterocycles. The molecule has 3 aliphatic rings. The molecule has 3 saturated carbocycles. The molecule has 0 saturated heterocycles. The summed E-state index contributed by atoms with van der Waals surface area (Å²) in [5.41, 5.74) is 7.03. The van der Waals surface area contributed by atoms with Crippen LogP contribution in [0.5, 0.6) is 0 Å². The van der Waals surface area contributed by atoms with Crippen LogP contribution in [-0.2, 0) is 16.0 Å². The summed E-state index contributed by atoms with van der Waals surface area (Å²) < 4.78 is 6.10. The summed E-state index contributed by atoms with van der Waals surface area (Å²) in [4.78, 5) is 12.6. The number of carbonyl (C=O) groups is 1. The van der Waals surface area contributed by atoms with E-state index in [2.05, 4.69) is 0 Å². The van der Waals surface area contributed by atoms with E-state index in [9.17, 15) is 4.79 Å². The topological polar surface area (TPSA) is 52.3 Å². The number of esters is 1. The SMILES string of the molecule is N[C@@H](Cc1ccccc1)C(=O)OC12CCCC3CC(CC3C1)C2. The molecule has 3 fully saturated rings. The molecule has 3 nitrogen and oxygen atoms in total. The van der Waals surface area contributed by atoms with Crippen LogP contribution in [-0.4, -0.2) is 17.6 Å². The Kier molecular flexibility index (Phi) is 3.92. The van der Waals surface area contributed by atoms with E-state index < -0.39 is 6.04 Å². The van der Waals surface area contributed by atoms with Crippen LogP contribution in [0.1, 0.15) is 50.5 Å². The van der Waals surface area contributed by atoms with Crippen molar-refractivity contribution in [1.29, 1.82) is 0 Å². The Bertz CT molecular complexity index is 572. The quantitative estimate of drug-likeness (QED) is 0.866. The first-order valence-corrected chi connectivity index (χ1v) is 9.16. The third-order valence-corrected chi connectivity index (χ3v) is 6.36. The van der Waals surface area contributed by atoms with Gasteiger partial charge in [0.1, 0.15) is 11.6 Å². The Morgan fingerprint density at radius 3 is 2.83 bits per heavy atom. The van der Waals surface area contributed by atoms with Crippen LogP contribution in [0.4, 0.5) is 0 Å². The molecule has 4 unspecified atom stereocenters. The van der Waals surface area contributed by atoms with E-state index in [4.69, 9.17) is 10.5 Å². The smallest absolute Gasteiger partial charge is 0.323 e. The number of benzene rings is 1. The average Bonchev–Trinajstić information content (AvgIpc) is 2.75. The van der Waals surface area contributed by atoms with Crippen molar-refractivity contribution in [3.05, 3.63) is 35.9 Å². The van der Waals surface area contributed by atoms with E-state index in [1.165, 1.54) is 25.7 Å². The van der Waals surface area contributed by atoms with Gasteiger partial charge in [-0.05, 0) is 68.3 Å². The minimum absolute atomic E-state index is 0.200. The molecule has 5 atom stereocenters. The number of carbonyl (C=O) groups excluding carboxylic acids is 1. The number of nitrogens with two attached hydrogens (primary N) is 1. The van der Waals surface area contributed by atoms with Gasteiger partial charge in [0.25, 0.3) is 0 Å². The first-order chi connectivity index (χ1) is 11.1. The standard InChI is InChI=1S/C20H27NO2/c21-18(11-14-5-2-1-3-6-14)19(22)23-20-8-4-7-16-9-15(12-20)10-17(16)13-20/h1-3,5-6,15-18H,4,7-13,21H2/t15?,16?,17?,18-,20?/m0/s1. The normalized spacial score (nSPS) is 36.5. The molecular weight excluding hydrogens is 286 g/mol. The van der Waals surface area contributed by atoms with Crippen molar-refractivity contribution in [3.8, 4) is 0 Å². The lowest BCUT2D eigenvalue weighted by atomic mass is 9.76. The van der Waals surface area contributed by atoms with Crippen molar-refractivity contribution in [2.75, 3.05) is 0 Å². The molecule has 1 aromatic rings. The van der Waals surface area contributed by atoms with Gasteiger partial charge in [-0.15, -0.1) is 0 Å². The zero-order valence-electron chi connectivity index (χ0n) is 13.7. The highest BCUT2D eigenvalue weighted by Crippen LogP contribution is 2.56. The van der Waals surface area contributed by atoms with E-state index in [1.54, 1.807) is 0 Å². The number of hydrogen-bond acceptors (Lipinski definition) is 3.